The maximum absolute atomic E-state index is 13.6. The van der Waals surface area contributed by atoms with Crippen LogP contribution in [0, 0.1) is 0 Å². The van der Waals surface area contributed by atoms with Gasteiger partial charge in [0.2, 0.25) is 5.91 Å². The largest absolute Gasteiger partial charge is 0.472 e. The summed E-state index contributed by atoms with van der Waals surface area (Å²) in [5, 5.41) is 3.06. The van der Waals surface area contributed by atoms with E-state index in [2.05, 4.69) is 86.8 Å². The molecule has 0 rings (SSSR count). The van der Waals surface area contributed by atoms with Crippen LogP contribution in [-0.4, -0.2) is 74.3 Å². The fourth-order valence-electron chi connectivity index (χ4n) is 10.1. The number of unbranched alkanes of at least 4 members (excludes halogenated alkanes) is 37. The molecule has 478 valence electrons. The second-order valence-electron chi connectivity index (χ2n) is 24.7. The average molecular weight is 1170 g/mol. The van der Waals surface area contributed by atoms with Gasteiger partial charge in [-0.05, 0) is 76.7 Å². The molecule has 0 radical (unpaired) electrons. The van der Waals surface area contributed by atoms with Crippen molar-refractivity contribution in [2.75, 3.05) is 40.9 Å². The standard InChI is InChI=1S/C72H133N2O7P/c1-7-10-13-16-19-22-25-28-30-32-34-36-37-39-41-43-45-47-50-53-56-59-62-65-72(76)81-70(63-60-57-54-51-48-27-24-21-18-15-12-9-3)69(68-80-82(77,78)79-67-66-74(4,5)6)73-71(75)64-61-58-55-52-49-46-44-42-40-38-35-33-31-29-26-23-20-17-14-11-8-2/h11,14,20,23,29,31,35,38,42,44,60,63,69-70H,7-10,12-13,15-19,21-22,24-28,30,32-34,36-37,39-41,43,45-59,61-62,64-68H2,1-6H3,(H-,73,75,77,78)/p+1/b14-11-,23-20-,31-29-,38-35-,44-42-,63-60+. The van der Waals surface area contributed by atoms with E-state index < -0.39 is 20.0 Å². The van der Waals surface area contributed by atoms with E-state index >= 15 is 0 Å². The highest BCUT2D eigenvalue weighted by Crippen LogP contribution is 2.43. The number of amides is 1. The molecule has 82 heavy (non-hydrogen) atoms. The van der Waals surface area contributed by atoms with Crippen molar-refractivity contribution in [1.29, 1.82) is 0 Å². The van der Waals surface area contributed by atoms with E-state index in [0.717, 1.165) is 109 Å². The monoisotopic (exact) mass is 1170 g/mol. The van der Waals surface area contributed by atoms with Crippen LogP contribution >= 0.6 is 7.82 Å². The van der Waals surface area contributed by atoms with E-state index in [-0.39, 0.29) is 31.5 Å². The van der Waals surface area contributed by atoms with Crippen molar-refractivity contribution < 1.29 is 37.3 Å². The second-order valence-corrected chi connectivity index (χ2v) is 26.1. The zero-order valence-electron chi connectivity index (χ0n) is 54.7. The third kappa shape index (κ3) is 62.0. The summed E-state index contributed by atoms with van der Waals surface area (Å²) < 4.78 is 30.8. The molecule has 0 aliphatic rings. The topological polar surface area (TPSA) is 111 Å². The van der Waals surface area contributed by atoms with Crippen molar-refractivity contribution in [2.24, 2.45) is 0 Å². The van der Waals surface area contributed by atoms with Gasteiger partial charge in [-0.2, -0.15) is 0 Å². The smallest absolute Gasteiger partial charge is 0.456 e. The minimum Gasteiger partial charge on any atom is -0.456 e. The van der Waals surface area contributed by atoms with Gasteiger partial charge in [0.05, 0.1) is 33.8 Å². The summed E-state index contributed by atoms with van der Waals surface area (Å²) in [6.45, 7) is 6.92. The molecule has 3 atom stereocenters. The number of esters is 1. The van der Waals surface area contributed by atoms with Crippen LogP contribution in [0.1, 0.15) is 323 Å². The van der Waals surface area contributed by atoms with Crippen LogP contribution in [-0.2, 0) is 27.9 Å². The summed E-state index contributed by atoms with van der Waals surface area (Å²) in [6.07, 6.45) is 80.6. The quantitative estimate of drug-likeness (QED) is 0.0205. The lowest BCUT2D eigenvalue weighted by atomic mass is 10.0. The number of hydrogen-bond acceptors (Lipinski definition) is 6. The minimum absolute atomic E-state index is 0.0351. The van der Waals surface area contributed by atoms with E-state index in [1.807, 2.05) is 33.3 Å². The lowest BCUT2D eigenvalue weighted by Gasteiger charge is -2.27. The first-order valence-electron chi connectivity index (χ1n) is 34.8. The molecular formula is C72H134N2O7P+. The molecule has 0 saturated heterocycles. The van der Waals surface area contributed by atoms with Gasteiger partial charge in [0, 0.05) is 12.8 Å². The molecule has 10 heteroatoms. The van der Waals surface area contributed by atoms with Crippen molar-refractivity contribution in [3.05, 3.63) is 72.9 Å². The number of phosphoric ester groups is 1. The average Bonchev–Trinajstić information content (AvgIpc) is 3.44. The molecule has 3 unspecified atom stereocenters. The number of quaternary nitrogens is 1. The number of allylic oxidation sites excluding steroid dienone is 11. The number of carbonyl (C=O) groups is 2. The number of phosphoric acid groups is 1. The van der Waals surface area contributed by atoms with Crippen LogP contribution in [0.5, 0.6) is 0 Å². The Kier molecular flexibility index (Phi) is 59.6. The molecule has 0 spiro atoms. The molecule has 0 aromatic heterocycles. The zero-order chi connectivity index (χ0) is 60.0. The molecule has 0 aromatic rings. The van der Waals surface area contributed by atoms with Gasteiger partial charge >= 0.3 is 13.8 Å². The summed E-state index contributed by atoms with van der Waals surface area (Å²) in [5.74, 6) is -0.516. The number of nitrogens with zero attached hydrogens (tertiary/aromatic N) is 1. The van der Waals surface area contributed by atoms with Crippen LogP contribution in [0.25, 0.3) is 0 Å². The van der Waals surface area contributed by atoms with Gasteiger partial charge < -0.3 is 19.4 Å². The lowest BCUT2D eigenvalue weighted by Crippen LogP contribution is -2.47. The van der Waals surface area contributed by atoms with Crippen LogP contribution in [0.15, 0.2) is 72.9 Å². The molecule has 0 saturated carbocycles. The van der Waals surface area contributed by atoms with Gasteiger partial charge in [-0.25, -0.2) is 4.57 Å². The Morgan fingerprint density at radius 3 is 1.17 bits per heavy atom. The SMILES string of the molecule is CC/C=C\C/C=C\C/C=C\C/C=C\C/C=C\CCCCCCCC(=O)NC(COP(=O)(O)OCC[N+](C)(C)C)C(/C=C/CCCCCCCCCCCC)OC(=O)CCCCCCCCCCCCCCCCCCCCCCCCC. The Bertz CT molecular complexity index is 1630. The highest BCUT2D eigenvalue weighted by Gasteiger charge is 2.30. The number of likely N-dealkylation sites (N-methyl/N-ethyl adjacent to an activating group) is 1. The second kappa shape index (κ2) is 61.5. The van der Waals surface area contributed by atoms with E-state index in [4.69, 9.17) is 13.8 Å². The summed E-state index contributed by atoms with van der Waals surface area (Å²) in [6, 6.07) is -0.860. The Balaban J connectivity index is 5.12. The Morgan fingerprint density at radius 1 is 0.439 bits per heavy atom. The van der Waals surface area contributed by atoms with Gasteiger partial charge in [-0.15, -0.1) is 0 Å². The molecule has 0 aliphatic carbocycles. The van der Waals surface area contributed by atoms with Gasteiger partial charge in [0.15, 0.2) is 0 Å². The van der Waals surface area contributed by atoms with Gasteiger partial charge in [0.1, 0.15) is 19.3 Å². The first-order valence-corrected chi connectivity index (χ1v) is 36.3. The van der Waals surface area contributed by atoms with E-state index in [0.29, 0.717) is 17.4 Å². The predicted molar refractivity (Wildman–Crippen MR) is 355 cm³/mol. The molecule has 9 nitrogen and oxygen atoms in total. The summed E-state index contributed by atoms with van der Waals surface area (Å²) in [7, 11) is 1.49. The van der Waals surface area contributed by atoms with Crippen LogP contribution < -0.4 is 5.32 Å². The molecule has 0 heterocycles. The van der Waals surface area contributed by atoms with Crippen molar-refractivity contribution >= 4 is 19.7 Å². The first kappa shape index (κ1) is 79.5. The molecule has 0 aliphatic heterocycles. The van der Waals surface area contributed by atoms with Crippen molar-refractivity contribution in [3.63, 3.8) is 0 Å². The lowest BCUT2D eigenvalue weighted by molar-refractivity contribution is -0.870. The van der Waals surface area contributed by atoms with E-state index in [9.17, 15) is 19.0 Å². The van der Waals surface area contributed by atoms with E-state index in [1.165, 1.54) is 180 Å². The van der Waals surface area contributed by atoms with Crippen LogP contribution in [0.3, 0.4) is 0 Å². The molecule has 0 aromatic carbocycles. The third-order valence-electron chi connectivity index (χ3n) is 15.4. The Labute approximate surface area is 508 Å². The van der Waals surface area contributed by atoms with Gasteiger partial charge in [-0.3, -0.25) is 18.6 Å². The third-order valence-corrected chi connectivity index (χ3v) is 16.4. The van der Waals surface area contributed by atoms with Crippen molar-refractivity contribution in [2.45, 2.75) is 335 Å². The van der Waals surface area contributed by atoms with Crippen molar-refractivity contribution in [3.8, 4) is 0 Å². The number of rotatable bonds is 63. The molecular weight excluding hydrogens is 1040 g/mol. The summed E-state index contributed by atoms with van der Waals surface area (Å²) >= 11 is 0. The molecule has 0 fully saturated rings. The zero-order valence-corrected chi connectivity index (χ0v) is 55.6. The molecule has 2 N–H and O–H groups in total. The highest BCUT2D eigenvalue weighted by molar-refractivity contribution is 7.47. The van der Waals surface area contributed by atoms with Gasteiger partial charge in [0.25, 0.3) is 0 Å². The fraction of sp³-hybridized carbons (Fsp3) is 0.806. The maximum atomic E-state index is 13.6. The van der Waals surface area contributed by atoms with Crippen LogP contribution in [0.2, 0.25) is 0 Å². The summed E-state index contributed by atoms with van der Waals surface area (Å²) in [5.41, 5.74) is 0. The highest BCUT2D eigenvalue weighted by atomic mass is 31.2. The number of ether oxygens (including phenoxy) is 1. The molecule has 0 bridgehead atoms. The Morgan fingerprint density at radius 2 is 0.780 bits per heavy atom. The van der Waals surface area contributed by atoms with Crippen LogP contribution in [0.4, 0.5) is 0 Å². The predicted octanol–water partition coefficient (Wildman–Crippen LogP) is 22.0. The maximum Gasteiger partial charge on any atom is 0.472 e. The van der Waals surface area contributed by atoms with Gasteiger partial charge in [-0.1, -0.05) is 306 Å². The number of nitrogens with one attached hydrogen (secondary N) is 1. The van der Waals surface area contributed by atoms with E-state index in [1.54, 1.807) is 0 Å². The van der Waals surface area contributed by atoms with Crippen molar-refractivity contribution in [1.82, 2.24) is 5.32 Å². The minimum atomic E-state index is -4.46. The fourth-order valence-corrected chi connectivity index (χ4v) is 10.8. The Hall–Kier alpha value is -2.55. The number of carbonyl (C=O) groups excluding carboxylic acids is 2. The summed E-state index contributed by atoms with van der Waals surface area (Å²) in [4.78, 5) is 37.9. The number of hydrogen-bond donors (Lipinski definition) is 2. The normalized spacial score (nSPS) is 14.0. The molecule has 1 amide bonds. The first-order chi connectivity index (χ1) is 39.9.